The van der Waals surface area contributed by atoms with Crippen molar-refractivity contribution >= 4 is 24.0 Å². The van der Waals surface area contributed by atoms with E-state index in [1.54, 1.807) is 19.1 Å². The third-order valence-electron chi connectivity index (χ3n) is 4.00. The lowest BCUT2D eigenvalue weighted by molar-refractivity contribution is 0.211. The van der Waals surface area contributed by atoms with E-state index in [1.807, 2.05) is 0 Å². The number of aryl methyl sites for hydroxylation is 1. The first-order chi connectivity index (χ1) is 12.0. The number of nitrogens with one attached hydrogen (secondary N) is 1. The molecule has 1 atom stereocenters. The number of nitrogens with zero attached hydrogens (tertiary/aromatic N) is 1. The molecule has 1 aromatic carbocycles. The van der Waals surface area contributed by atoms with Gasteiger partial charge >= 0.3 is 0 Å². The summed E-state index contributed by atoms with van der Waals surface area (Å²) in [5, 5.41) is 3.28. The van der Waals surface area contributed by atoms with E-state index in [4.69, 9.17) is 21.1 Å². The normalized spacial score (nSPS) is 16.7. The van der Waals surface area contributed by atoms with E-state index in [9.17, 15) is 8.78 Å². The van der Waals surface area contributed by atoms with Crippen LogP contribution in [0.4, 0.5) is 8.78 Å². The third kappa shape index (κ3) is 5.19. The lowest BCUT2D eigenvalue weighted by Gasteiger charge is -2.23. The zero-order chi connectivity index (χ0) is 17.8. The quantitative estimate of drug-likeness (QED) is 0.768. The summed E-state index contributed by atoms with van der Waals surface area (Å²) >= 11 is 5.64. The van der Waals surface area contributed by atoms with Crippen LogP contribution in [0.3, 0.4) is 0 Å². The van der Waals surface area contributed by atoms with Crippen molar-refractivity contribution in [2.45, 2.75) is 19.8 Å². The first-order valence-corrected chi connectivity index (χ1v) is 8.54. The first-order valence-electron chi connectivity index (χ1n) is 8.16. The van der Waals surface area contributed by atoms with Crippen LogP contribution < -0.4 is 14.8 Å². The van der Waals surface area contributed by atoms with E-state index < -0.39 is 17.4 Å². The molecule has 1 aromatic heterocycles. The maximum absolute atomic E-state index is 14.0. The van der Waals surface area contributed by atoms with Crippen LogP contribution in [0.1, 0.15) is 18.5 Å². The summed E-state index contributed by atoms with van der Waals surface area (Å²) in [6.07, 6.45) is 2.17. The van der Waals surface area contributed by atoms with Crippen molar-refractivity contribution in [2.24, 2.45) is 5.92 Å². The van der Waals surface area contributed by atoms with Crippen LogP contribution in [0.15, 0.2) is 24.3 Å². The third-order valence-corrected chi connectivity index (χ3v) is 4.22. The number of hydrogen-bond donors (Lipinski definition) is 1. The Hall–Kier alpha value is -1.63. The Morgan fingerprint density at radius 1 is 1.27 bits per heavy atom. The standard InChI is InChI=1S/C18H19ClF2N2O2.ClH/c1-11-4-5-16(24-10-12-3-2-6-22-9-12)18(23-11)25-17-14(20)7-13(19)8-15(17)21;/h4-5,7-8,12,22H,2-3,6,9-10H2,1H3;1H/t12-;/m0./s1. The molecule has 1 aliphatic rings. The van der Waals surface area contributed by atoms with Crippen LogP contribution in [0.2, 0.25) is 5.02 Å². The van der Waals surface area contributed by atoms with E-state index in [0.29, 0.717) is 24.0 Å². The Morgan fingerprint density at radius 2 is 2.00 bits per heavy atom. The van der Waals surface area contributed by atoms with Gasteiger partial charge in [-0.3, -0.25) is 0 Å². The average Bonchev–Trinajstić information content (AvgIpc) is 2.58. The summed E-state index contributed by atoms with van der Waals surface area (Å²) in [5.41, 5.74) is 0.650. The van der Waals surface area contributed by atoms with Gasteiger partial charge in [-0.05, 0) is 50.6 Å². The second-order valence-corrected chi connectivity index (χ2v) is 6.52. The highest BCUT2D eigenvalue weighted by Gasteiger charge is 2.19. The maximum Gasteiger partial charge on any atom is 0.262 e. The zero-order valence-corrected chi connectivity index (χ0v) is 15.8. The Morgan fingerprint density at radius 3 is 2.65 bits per heavy atom. The molecule has 0 radical (unpaired) electrons. The van der Waals surface area contributed by atoms with Crippen LogP contribution in [-0.4, -0.2) is 24.7 Å². The second-order valence-electron chi connectivity index (χ2n) is 6.08. The van der Waals surface area contributed by atoms with Gasteiger partial charge < -0.3 is 14.8 Å². The molecule has 0 unspecified atom stereocenters. The topological polar surface area (TPSA) is 43.4 Å². The first kappa shape index (κ1) is 20.7. The van der Waals surface area contributed by atoms with E-state index in [2.05, 4.69) is 10.3 Å². The minimum atomic E-state index is -0.893. The average molecular weight is 405 g/mol. The van der Waals surface area contributed by atoms with Crippen molar-refractivity contribution in [1.29, 1.82) is 0 Å². The molecule has 0 spiro atoms. The summed E-state index contributed by atoms with van der Waals surface area (Å²) in [6.45, 7) is 4.15. The second kappa shape index (κ2) is 9.35. The molecule has 1 fully saturated rings. The van der Waals surface area contributed by atoms with Gasteiger partial charge in [0.2, 0.25) is 5.75 Å². The van der Waals surface area contributed by atoms with Gasteiger partial charge in [0.1, 0.15) is 0 Å². The Kier molecular flexibility index (Phi) is 7.43. The number of hydrogen-bond acceptors (Lipinski definition) is 4. The lowest BCUT2D eigenvalue weighted by atomic mass is 10.0. The molecule has 4 nitrogen and oxygen atoms in total. The molecule has 1 saturated heterocycles. The van der Waals surface area contributed by atoms with E-state index in [0.717, 1.165) is 38.1 Å². The summed E-state index contributed by atoms with van der Waals surface area (Å²) in [6, 6.07) is 5.43. The summed E-state index contributed by atoms with van der Waals surface area (Å²) in [4.78, 5) is 4.21. The number of ether oxygens (including phenoxy) is 2. The molecule has 1 aliphatic heterocycles. The predicted molar refractivity (Wildman–Crippen MR) is 98.8 cm³/mol. The molecule has 3 rings (SSSR count). The number of piperidine rings is 1. The fraction of sp³-hybridized carbons (Fsp3) is 0.389. The van der Waals surface area contributed by atoms with Crippen LogP contribution in [-0.2, 0) is 0 Å². The summed E-state index contributed by atoms with van der Waals surface area (Å²) in [5.74, 6) is -1.57. The van der Waals surface area contributed by atoms with Gasteiger partial charge in [-0.15, -0.1) is 12.4 Å². The van der Waals surface area contributed by atoms with E-state index in [-0.39, 0.29) is 23.3 Å². The minimum absolute atomic E-state index is 0. The zero-order valence-electron chi connectivity index (χ0n) is 14.2. The number of aromatic nitrogens is 1. The van der Waals surface area contributed by atoms with Crippen LogP contribution in [0.25, 0.3) is 0 Å². The van der Waals surface area contributed by atoms with Gasteiger partial charge in [0, 0.05) is 23.2 Å². The summed E-state index contributed by atoms with van der Waals surface area (Å²) < 4.78 is 39.2. The van der Waals surface area contributed by atoms with Crippen LogP contribution >= 0.6 is 24.0 Å². The molecule has 142 valence electrons. The van der Waals surface area contributed by atoms with Crippen molar-refractivity contribution in [1.82, 2.24) is 10.3 Å². The molecular weight excluding hydrogens is 385 g/mol. The molecule has 26 heavy (non-hydrogen) atoms. The molecule has 0 saturated carbocycles. The predicted octanol–water partition coefficient (Wildman–Crippen LogP) is 4.91. The number of halogens is 4. The van der Waals surface area contributed by atoms with Crippen molar-refractivity contribution in [3.63, 3.8) is 0 Å². The van der Waals surface area contributed by atoms with Crippen molar-refractivity contribution in [3.05, 3.63) is 46.6 Å². The van der Waals surface area contributed by atoms with E-state index in [1.165, 1.54) is 0 Å². The smallest absolute Gasteiger partial charge is 0.262 e. The molecule has 0 amide bonds. The van der Waals surface area contributed by atoms with Gasteiger partial charge in [0.05, 0.1) is 6.61 Å². The molecule has 1 N–H and O–H groups in total. The molecule has 0 aliphatic carbocycles. The number of rotatable bonds is 5. The highest BCUT2D eigenvalue weighted by atomic mass is 35.5. The highest BCUT2D eigenvalue weighted by molar-refractivity contribution is 6.30. The SMILES string of the molecule is Cc1ccc(OC[C@H]2CCCNC2)c(Oc2c(F)cc(Cl)cc2F)n1.Cl. The van der Waals surface area contributed by atoms with E-state index >= 15 is 0 Å². The Labute approximate surface area is 162 Å². The minimum Gasteiger partial charge on any atom is -0.488 e. The molecule has 8 heteroatoms. The van der Waals surface area contributed by atoms with Gasteiger partial charge in [0.25, 0.3) is 5.88 Å². The van der Waals surface area contributed by atoms with Gasteiger partial charge in [-0.1, -0.05) is 11.6 Å². The van der Waals surface area contributed by atoms with Crippen molar-refractivity contribution in [3.8, 4) is 17.4 Å². The molecule has 2 heterocycles. The van der Waals surface area contributed by atoms with Crippen molar-refractivity contribution in [2.75, 3.05) is 19.7 Å². The number of benzene rings is 1. The van der Waals surface area contributed by atoms with Gasteiger partial charge in [-0.25, -0.2) is 13.8 Å². The molecule has 0 bridgehead atoms. The fourth-order valence-electron chi connectivity index (χ4n) is 2.70. The monoisotopic (exact) mass is 404 g/mol. The maximum atomic E-state index is 14.0. The number of pyridine rings is 1. The van der Waals surface area contributed by atoms with Crippen molar-refractivity contribution < 1.29 is 18.3 Å². The highest BCUT2D eigenvalue weighted by Crippen LogP contribution is 2.34. The molecule has 2 aromatic rings. The van der Waals surface area contributed by atoms with Crippen LogP contribution in [0, 0.1) is 24.5 Å². The van der Waals surface area contributed by atoms with Gasteiger partial charge in [0.15, 0.2) is 17.4 Å². The Balaban J connectivity index is 0.00000243. The van der Waals surface area contributed by atoms with Gasteiger partial charge in [-0.2, -0.15) is 0 Å². The molecular formula is C18H20Cl2F2N2O2. The largest absolute Gasteiger partial charge is 0.488 e. The Bertz CT molecular complexity index is 733. The van der Waals surface area contributed by atoms with Crippen LogP contribution in [0.5, 0.6) is 17.4 Å². The lowest BCUT2D eigenvalue weighted by Crippen LogP contribution is -2.33. The summed E-state index contributed by atoms with van der Waals surface area (Å²) in [7, 11) is 0. The fourth-order valence-corrected chi connectivity index (χ4v) is 2.89.